The van der Waals surface area contributed by atoms with Gasteiger partial charge in [0.2, 0.25) is 0 Å². The first-order valence-electron chi connectivity index (χ1n) is 15.3. The van der Waals surface area contributed by atoms with E-state index in [1.54, 1.807) is 36.7 Å². The van der Waals surface area contributed by atoms with E-state index in [1.807, 2.05) is 29.2 Å². The molecule has 2 aliphatic rings. The summed E-state index contributed by atoms with van der Waals surface area (Å²) in [6, 6.07) is 13.0. The van der Waals surface area contributed by atoms with Gasteiger partial charge in [0.1, 0.15) is 5.82 Å². The van der Waals surface area contributed by atoms with Crippen LogP contribution >= 0.6 is 0 Å². The van der Waals surface area contributed by atoms with Crippen molar-refractivity contribution in [3.05, 3.63) is 79.0 Å². The number of rotatable bonds is 7. The zero-order valence-electron chi connectivity index (χ0n) is 25.1. The predicted molar refractivity (Wildman–Crippen MR) is 171 cm³/mol. The molecular weight excluding hydrogens is 574 g/mol. The van der Waals surface area contributed by atoms with E-state index >= 15 is 0 Å². The first-order valence-corrected chi connectivity index (χ1v) is 16.7. The van der Waals surface area contributed by atoms with E-state index in [-0.39, 0.29) is 4.90 Å². The van der Waals surface area contributed by atoms with Gasteiger partial charge in [-0.25, -0.2) is 22.4 Å². The van der Waals surface area contributed by atoms with E-state index in [0.717, 1.165) is 84.6 Å². The fourth-order valence-electron chi connectivity index (χ4n) is 6.37. The number of piperidine rings is 1. The van der Waals surface area contributed by atoms with Gasteiger partial charge in [0, 0.05) is 78.6 Å². The second-order valence-electron chi connectivity index (χ2n) is 11.6. The van der Waals surface area contributed by atoms with Crippen molar-refractivity contribution >= 4 is 26.9 Å². The average Bonchev–Trinajstić information content (AvgIpc) is 3.71. The SMILES string of the molecule is CCN1CCC(n2cc(-c3cn(S(=O)(=O)c4ccccc4)c4ncc(-c5cnc(N6CCOCC6)c(C)c5)cc34)cn2)CC1. The predicted octanol–water partition coefficient (Wildman–Crippen LogP) is 5.00. The molecule has 2 fully saturated rings. The summed E-state index contributed by atoms with van der Waals surface area (Å²) in [6.45, 7) is 10.5. The van der Waals surface area contributed by atoms with E-state index in [2.05, 4.69) is 35.9 Å². The van der Waals surface area contributed by atoms with Crippen LogP contribution in [0.2, 0.25) is 0 Å². The van der Waals surface area contributed by atoms with Crippen LogP contribution in [-0.2, 0) is 14.8 Å². The van der Waals surface area contributed by atoms with Crippen LogP contribution < -0.4 is 4.90 Å². The first-order chi connectivity index (χ1) is 21.4. The van der Waals surface area contributed by atoms with Gasteiger partial charge in [-0.2, -0.15) is 5.10 Å². The minimum atomic E-state index is -3.88. The number of hydrogen-bond donors (Lipinski definition) is 0. The summed E-state index contributed by atoms with van der Waals surface area (Å²) in [5, 5.41) is 5.49. The van der Waals surface area contributed by atoms with Crippen molar-refractivity contribution in [3.8, 4) is 22.3 Å². The summed E-state index contributed by atoms with van der Waals surface area (Å²) in [5.74, 6) is 0.962. The summed E-state index contributed by atoms with van der Waals surface area (Å²) >= 11 is 0. The summed E-state index contributed by atoms with van der Waals surface area (Å²) in [5.41, 5.74) is 4.90. The Morgan fingerprint density at radius 1 is 0.886 bits per heavy atom. The van der Waals surface area contributed by atoms with Crippen LogP contribution in [0.5, 0.6) is 0 Å². The lowest BCUT2D eigenvalue weighted by atomic mass is 10.0. The highest BCUT2D eigenvalue weighted by atomic mass is 32.2. The third-order valence-corrected chi connectivity index (χ3v) is 10.6. The minimum Gasteiger partial charge on any atom is -0.378 e. The van der Waals surface area contributed by atoms with Crippen molar-refractivity contribution in [2.24, 2.45) is 0 Å². The molecule has 0 amide bonds. The molecule has 0 bridgehead atoms. The van der Waals surface area contributed by atoms with Gasteiger partial charge in [0.15, 0.2) is 5.65 Å². The van der Waals surface area contributed by atoms with Crippen LogP contribution in [0.4, 0.5) is 5.82 Å². The Hall–Kier alpha value is -4.06. The Kier molecular flexibility index (Phi) is 7.69. The summed E-state index contributed by atoms with van der Waals surface area (Å²) in [4.78, 5) is 14.5. The van der Waals surface area contributed by atoms with Crippen molar-refractivity contribution in [3.63, 3.8) is 0 Å². The van der Waals surface area contributed by atoms with Crippen LogP contribution in [0.1, 0.15) is 31.4 Å². The summed E-state index contributed by atoms with van der Waals surface area (Å²) in [7, 11) is -3.88. The number of nitrogens with zero attached hydrogens (tertiary/aromatic N) is 7. The van der Waals surface area contributed by atoms with Gasteiger partial charge in [-0.3, -0.25) is 4.68 Å². The largest absolute Gasteiger partial charge is 0.378 e. The number of ether oxygens (including phenoxy) is 1. The molecule has 6 heterocycles. The maximum absolute atomic E-state index is 13.9. The summed E-state index contributed by atoms with van der Waals surface area (Å²) < 4.78 is 36.6. The fraction of sp³-hybridized carbons (Fsp3) is 0.364. The fourth-order valence-corrected chi connectivity index (χ4v) is 7.71. The van der Waals surface area contributed by atoms with E-state index in [9.17, 15) is 8.42 Å². The second kappa shape index (κ2) is 11.8. The van der Waals surface area contributed by atoms with Crippen LogP contribution in [0.25, 0.3) is 33.3 Å². The second-order valence-corrected chi connectivity index (χ2v) is 13.4. The first kappa shape index (κ1) is 28.7. The standard InChI is InChI=1S/C33H37N7O3S/c1-3-37-11-9-28(10-12-37)39-22-27(21-36-39)31-23-40(44(41,42)29-7-5-4-6-8-29)33-30(31)18-26(20-35-33)25-17-24(2)32(34-19-25)38-13-15-43-16-14-38/h4-8,17-23,28H,3,9-16H2,1-2H3. The zero-order valence-corrected chi connectivity index (χ0v) is 25.9. The Labute approximate surface area is 258 Å². The van der Waals surface area contributed by atoms with Gasteiger partial charge in [-0.05, 0) is 56.1 Å². The van der Waals surface area contributed by atoms with E-state index in [0.29, 0.717) is 24.9 Å². The van der Waals surface area contributed by atoms with Gasteiger partial charge < -0.3 is 14.5 Å². The zero-order chi connectivity index (χ0) is 30.3. The van der Waals surface area contributed by atoms with Crippen LogP contribution in [0, 0.1) is 6.92 Å². The Balaban J connectivity index is 1.31. The van der Waals surface area contributed by atoms with Crippen LogP contribution in [-0.4, -0.2) is 83.0 Å². The quantitative estimate of drug-likeness (QED) is 0.254. The minimum absolute atomic E-state index is 0.214. The van der Waals surface area contributed by atoms with Crippen molar-refractivity contribution < 1.29 is 13.2 Å². The molecule has 2 aliphatic heterocycles. The highest BCUT2D eigenvalue weighted by Crippen LogP contribution is 2.36. The summed E-state index contributed by atoms with van der Waals surface area (Å²) in [6.07, 6.45) is 11.3. The molecule has 1 aromatic carbocycles. The maximum atomic E-state index is 13.9. The number of benzene rings is 1. The molecule has 10 nitrogen and oxygen atoms in total. The highest BCUT2D eigenvalue weighted by Gasteiger charge is 2.25. The lowest BCUT2D eigenvalue weighted by Crippen LogP contribution is -2.37. The third kappa shape index (κ3) is 5.29. The number of likely N-dealkylation sites (tertiary alicyclic amines) is 1. The molecule has 44 heavy (non-hydrogen) atoms. The molecule has 11 heteroatoms. The topological polar surface area (TPSA) is 98.4 Å². The Morgan fingerprint density at radius 3 is 2.34 bits per heavy atom. The van der Waals surface area contributed by atoms with Crippen LogP contribution in [0.15, 0.2) is 78.3 Å². The Morgan fingerprint density at radius 2 is 1.61 bits per heavy atom. The van der Waals surface area contributed by atoms with Crippen molar-refractivity contribution in [2.45, 2.75) is 37.6 Å². The number of pyridine rings is 2. The number of morpholine rings is 1. The third-order valence-electron chi connectivity index (χ3n) is 8.90. The molecule has 0 saturated carbocycles. The number of anilines is 1. The lowest BCUT2D eigenvalue weighted by molar-refractivity contribution is 0.122. The molecule has 0 radical (unpaired) electrons. The molecule has 5 aromatic rings. The molecule has 4 aromatic heterocycles. The van der Waals surface area contributed by atoms with E-state index in [4.69, 9.17) is 19.8 Å². The molecule has 228 valence electrons. The molecule has 0 unspecified atom stereocenters. The molecule has 0 spiro atoms. The number of aromatic nitrogens is 5. The van der Waals surface area contributed by atoms with E-state index in [1.165, 1.54) is 3.97 Å². The molecule has 2 saturated heterocycles. The smallest absolute Gasteiger partial charge is 0.269 e. The number of fused-ring (bicyclic) bond motifs is 1. The molecule has 0 N–H and O–H groups in total. The van der Waals surface area contributed by atoms with Crippen molar-refractivity contribution in [1.82, 2.24) is 28.6 Å². The van der Waals surface area contributed by atoms with Gasteiger partial charge in [-0.1, -0.05) is 25.1 Å². The average molecular weight is 612 g/mol. The normalized spacial score (nSPS) is 17.0. The van der Waals surface area contributed by atoms with Crippen molar-refractivity contribution in [2.75, 3.05) is 50.8 Å². The monoisotopic (exact) mass is 611 g/mol. The van der Waals surface area contributed by atoms with Crippen LogP contribution in [0.3, 0.4) is 0 Å². The molecule has 7 rings (SSSR count). The number of hydrogen-bond acceptors (Lipinski definition) is 8. The molecule has 0 aliphatic carbocycles. The Bertz CT molecular complexity index is 1890. The molecular formula is C33H37N7O3S. The highest BCUT2D eigenvalue weighted by molar-refractivity contribution is 7.90. The van der Waals surface area contributed by atoms with Gasteiger partial charge in [0.05, 0.1) is 30.3 Å². The maximum Gasteiger partial charge on any atom is 0.269 e. The van der Waals surface area contributed by atoms with Gasteiger partial charge in [-0.15, -0.1) is 0 Å². The lowest BCUT2D eigenvalue weighted by Gasteiger charge is -2.31. The van der Waals surface area contributed by atoms with Crippen molar-refractivity contribution in [1.29, 1.82) is 0 Å². The molecule has 0 atom stereocenters. The number of aryl methyl sites for hydroxylation is 1. The van der Waals surface area contributed by atoms with Gasteiger partial charge in [0.25, 0.3) is 10.0 Å². The van der Waals surface area contributed by atoms with Gasteiger partial charge >= 0.3 is 0 Å². The van der Waals surface area contributed by atoms with E-state index < -0.39 is 10.0 Å².